The van der Waals surface area contributed by atoms with Gasteiger partial charge in [0.15, 0.2) is 6.61 Å². The lowest BCUT2D eigenvalue weighted by Crippen LogP contribution is -2.39. The highest BCUT2D eigenvalue weighted by Crippen LogP contribution is 2.11. The summed E-state index contributed by atoms with van der Waals surface area (Å²) in [7, 11) is 0. The summed E-state index contributed by atoms with van der Waals surface area (Å²) in [5, 5.41) is 5.31. The molecule has 1 heterocycles. The van der Waals surface area contributed by atoms with Crippen molar-refractivity contribution in [2.75, 3.05) is 19.7 Å². The number of aromatic nitrogens is 2. The monoisotopic (exact) mass is 366 g/mol. The number of rotatable bonds is 9. The van der Waals surface area contributed by atoms with Crippen LogP contribution < -0.4 is 15.4 Å². The summed E-state index contributed by atoms with van der Waals surface area (Å²) < 4.78 is 5.32. The Kier molecular flexibility index (Phi) is 6.40. The highest BCUT2D eigenvalue weighted by atomic mass is 16.5. The third kappa shape index (κ3) is 5.85. The first kappa shape index (κ1) is 18.4. The van der Waals surface area contributed by atoms with Gasteiger partial charge in [0.1, 0.15) is 11.6 Å². The van der Waals surface area contributed by atoms with E-state index in [2.05, 4.69) is 20.6 Å². The molecule has 2 amide bonds. The van der Waals surface area contributed by atoms with Crippen LogP contribution in [0.15, 0.2) is 54.6 Å². The highest BCUT2D eigenvalue weighted by Gasteiger charge is 2.07. The van der Waals surface area contributed by atoms with Gasteiger partial charge < -0.3 is 20.4 Å². The van der Waals surface area contributed by atoms with Crippen molar-refractivity contribution in [1.29, 1.82) is 0 Å². The lowest BCUT2D eigenvalue weighted by molar-refractivity contribution is -0.127. The quantitative estimate of drug-likeness (QED) is 0.503. The predicted octanol–water partition coefficient (Wildman–Crippen LogP) is 1.81. The van der Waals surface area contributed by atoms with Crippen LogP contribution in [0.1, 0.15) is 12.2 Å². The van der Waals surface area contributed by atoms with Crippen LogP contribution in [0.4, 0.5) is 0 Å². The minimum atomic E-state index is -0.337. The van der Waals surface area contributed by atoms with Crippen LogP contribution in [-0.2, 0) is 16.0 Å². The predicted molar refractivity (Wildman–Crippen MR) is 102 cm³/mol. The van der Waals surface area contributed by atoms with Gasteiger partial charge in [-0.3, -0.25) is 9.59 Å². The summed E-state index contributed by atoms with van der Waals surface area (Å²) in [6, 6.07) is 16.9. The number of para-hydroxylation sites is 3. The SMILES string of the molecule is O=C(CNC(=O)COc1ccccc1)NCCCc1nc2ccccc2[nH]1. The number of H-pyrrole nitrogens is 1. The number of aryl methyl sites for hydroxylation is 1. The van der Waals surface area contributed by atoms with Crippen molar-refractivity contribution < 1.29 is 14.3 Å². The lowest BCUT2D eigenvalue weighted by atomic mass is 10.3. The zero-order valence-corrected chi connectivity index (χ0v) is 14.9. The highest BCUT2D eigenvalue weighted by molar-refractivity contribution is 5.85. The second-order valence-electron chi connectivity index (χ2n) is 6.03. The summed E-state index contributed by atoms with van der Waals surface area (Å²) in [5.41, 5.74) is 1.95. The van der Waals surface area contributed by atoms with Crippen molar-refractivity contribution in [1.82, 2.24) is 20.6 Å². The van der Waals surface area contributed by atoms with Gasteiger partial charge in [0.25, 0.3) is 5.91 Å². The summed E-state index contributed by atoms with van der Waals surface area (Å²) >= 11 is 0. The Hall–Kier alpha value is -3.35. The summed E-state index contributed by atoms with van der Waals surface area (Å²) in [6.45, 7) is 0.331. The average Bonchev–Trinajstić information content (AvgIpc) is 3.12. The number of ether oxygens (including phenoxy) is 1. The lowest BCUT2D eigenvalue weighted by Gasteiger charge is -2.08. The summed E-state index contributed by atoms with van der Waals surface area (Å²) in [4.78, 5) is 31.2. The average molecular weight is 366 g/mol. The van der Waals surface area contributed by atoms with Gasteiger partial charge in [-0.1, -0.05) is 30.3 Å². The van der Waals surface area contributed by atoms with Crippen LogP contribution in [0, 0.1) is 0 Å². The van der Waals surface area contributed by atoms with Crippen molar-refractivity contribution in [3.63, 3.8) is 0 Å². The molecule has 0 unspecified atom stereocenters. The summed E-state index contributed by atoms with van der Waals surface area (Å²) in [6.07, 6.45) is 1.50. The zero-order valence-electron chi connectivity index (χ0n) is 14.9. The number of amides is 2. The zero-order chi connectivity index (χ0) is 18.9. The van der Waals surface area contributed by atoms with Crippen LogP contribution in [-0.4, -0.2) is 41.5 Å². The molecule has 0 saturated carbocycles. The molecule has 0 atom stereocenters. The maximum Gasteiger partial charge on any atom is 0.258 e. The molecule has 7 heteroatoms. The van der Waals surface area contributed by atoms with Crippen molar-refractivity contribution in [2.45, 2.75) is 12.8 Å². The Morgan fingerprint density at radius 3 is 2.56 bits per heavy atom. The molecule has 1 aromatic heterocycles. The van der Waals surface area contributed by atoms with Crippen molar-refractivity contribution in [3.8, 4) is 5.75 Å². The Morgan fingerprint density at radius 2 is 1.74 bits per heavy atom. The number of nitrogens with zero attached hydrogens (tertiary/aromatic N) is 1. The largest absolute Gasteiger partial charge is 0.484 e. The summed E-state index contributed by atoms with van der Waals surface area (Å²) in [5.74, 6) is 0.948. The Labute approximate surface area is 157 Å². The Morgan fingerprint density at radius 1 is 0.963 bits per heavy atom. The standard InChI is InChI=1S/C20H22N4O3/c25-19(13-22-20(26)14-27-15-7-2-1-3-8-15)21-12-6-11-18-23-16-9-4-5-10-17(16)24-18/h1-5,7-10H,6,11-14H2,(H,21,25)(H,22,26)(H,23,24). The second-order valence-corrected chi connectivity index (χ2v) is 6.03. The Bertz CT molecular complexity index is 859. The molecule has 3 N–H and O–H groups in total. The van der Waals surface area contributed by atoms with Gasteiger partial charge in [-0.25, -0.2) is 4.98 Å². The van der Waals surface area contributed by atoms with E-state index in [0.29, 0.717) is 12.3 Å². The molecule has 0 bridgehead atoms. The molecule has 3 aromatic rings. The van der Waals surface area contributed by atoms with Crippen LogP contribution in [0.2, 0.25) is 0 Å². The van der Waals surface area contributed by atoms with E-state index in [4.69, 9.17) is 4.74 Å². The Balaban J connectivity index is 1.28. The fourth-order valence-electron chi connectivity index (χ4n) is 2.57. The van der Waals surface area contributed by atoms with Gasteiger partial charge in [0.2, 0.25) is 5.91 Å². The number of hydrogen-bond acceptors (Lipinski definition) is 4. The third-order valence-electron chi connectivity index (χ3n) is 3.91. The van der Waals surface area contributed by atoms with E-state index in [-0.39, 0.29) is 25.0 Å². The second kappa shape index (κ2) is 9.38. The van der Waals surface area contributed by atoms with E-state index >= 15 is 0 Å². The number of nitrogens with one attached hydrogen (secondary N) is 3. The fourth-order valence-corrected chi connectivity index (χ4v) is 2.57. The van der Waals surface area contributed by atoms with Gasteiger partial charge in [-0.05, 0) is 30.7 Å². The molecule has 0 aliphatic heterocycles. The number of hydrogen-bond donors (Lipinski definition) is 3. The van der Waals surface area contributed by atoms with E-state index < -0.39 is 0 Å². The van der Waals surface area contributed by atoms with E-state index in [0.717, 1.165) is 29.7 Å². The molecule has 3 rings (SSSR count). The molecule has 0 aliphatic carbocycles. The van der Waals surface area contributed by atoms with Gasteiger partial charge in [0, 0.05) is 13.0 Å². The normalized spacial score (nSPS) is 10.5. The first-order chi connectivity index (χ1) is 13.2. The van der Waals surface area contributed by atoms with Gasteiger partial charge in [-0.2, -0.15) is 0 Å². The number of benzene rings is 2. The van der Waals surface area contributed by atoms with Crippen LogP contribution in [0.25, 0.3) is 11.0 Å². The molecule has 0 saturated heterocycles. The molecule has 0 radical (unpaired) electrons. The molecule has 0 fully saturated rings. The van der Waals surface area contributed by atoms with Gasteiger partial charge in [0.05, 0.1) is 17.6 Å². The van der Waals surface area contributed by atoms with E-state index in [9.17, 15) is 9.59 Å². The molecule has 27 heavy (non-hydrogen) atoms. The maximum absolute atomic E-state index is 11.8. The van der Waals surface area contributed by atoms with Crippen LogP contribution in [0.3, 0.4) is 0 Å². The number of carbonyl (C=O) groups is 2. The molecule has 140 valence electrons. The topological polar surface area (TPSA) is 96.1 Å². The first-order valence-corrected chi connectivity index (χ1v) is 8.85. The minimum Gasteiger partial charge on any atom is -0.484 e. The van der Waals surface area contributed by atoms with Gasteiger partial charge in [-0.15, -0.1) is 0 Å². The number of aromatic amines is 1. The smallest absolute Gasteiger partial charge is 0.258 e. The van der Waals surface area contributed by atoms with Crippen molar-refractivity contribution >= 4 is 22.8 Å². The minimum absolute atomic E-state index is 0.0678. The van der Waals surface area contributed by atoms with Crippen molar-refractivity contribution in [2.24, 2.45) is 0 Å². The fraction of sp³-hybridized carbons (Fsp3) is 0.250. The molecule has 7 nitrogen and oxygen atoms in total. The van der Waals surface area contributed by atoms with E-state index in [1.165, 1.54) is 0 Å². The molecular formula is C20H22N4O3. The van der Waals surface area contributed by atoms with Crippen LogP contribution >= 0.6 is 0 Å². The molecule has 2 aromatic carbocycles. The molecular weight excluding hydrogens is 344 g/mol. The number of carbonyl (C=O) groups excluding carboxylic acids is 2. The van der Waals surface area contributed by atoms with Crippen LogP contribution in [0.5, 0.6) is 5.75 Å². The third-order valence-corrected chi connectivity index (χ3v) is 3.91. The molecule has 0 aliphatic rings. The number of fused-ring (bicyclic) bond motifs is 1. The van der Waals surface area contributed by atoms with E-state index in [1.807, 2.05) is 42.5 Å². The van der Waals surface area contributed by atoms with Gasteiger partial charge >= 0.3 is 0 Å². The number of imidazole rings is 1. The van der Waals surface area contributed by atoms with Crippen molar-refractivity contribution in [3.05, 3.63) is 60.4 Å². The maximum atomic E-state index is 11.8. The van der Waals surface area contributed by atoms with E-state index in [1.54, 1.807) is 12.1 Å². The molecule has 0 spiro atoms. The first-order valence-electron chi connectivity index (χ1n) is 8.85.